The molecule has 0 N–H and O–H groups in total. The predicted octanol–water partition coefficient (Wildman–Crippen LogP) is 6.65. The molecule has 0 spiro atoms. The van der Waals surface area contributed by atoms with Crippen LogP contribution in [0.25, 0.3) is 22.3 Å². The van der Waals surface area contributed by atoms with E-state index >= 15 is 4.39 Å². The van der Waals surface area contributed by atoms with Gasteiger partial charge in [-0.3, -0.25) is 0 Å². The van der Waals surface area contributed by atoms with Crippen molar-refractivity contribution in [2.24, 2.45) is 0 Å². The molecule has 46 heavy (non-hydrogen) atoms. The van der Waals surface area contributed by atoms with Crippen LogP contribution in [0, 0.1) is 5.82 Å². The highest BCUT2D eigenvalue weighted by atomic mass is 79.9. The molecule has 0 aliphatic carbocycles. The average Bonchev–Trinajstić information content (AvgIpc) is 3.39. The zero-order valence-corrected chi connectivity index (χ0v) is 30.3. The van der Waals surface area contributed by atoms with Crippen LogP contribution in [0.15, 0.2) is 59.3 Å². The lowest BCUT2D eigenvalue weighted by atomic mass is 10.1. The molecular formula is C32H41BrFN5O5SSi. The summed E-state index contributed by atoms with van der Waals surface area (Å²) in [6.45, 7) is 11.5. The minimum absolute atomic E-state index is 0.160. The van der Waals surface area contributed by atoms with Crippen LogP contribution in [-0.2, 0) is 31.0 Å². The smallest absolute Gasteiger partial charge is 0.243 e. The molecule has 1 saturated heterocycles. The number of ether oxygens (including phenoxy) is 3. The number of benzene rings is 2. The van der Waals surface area contributed by atoms with Crippen molar-refractivity contribution >= 4 is 56.6 Å². The number of rotatable bonds is 13. The van der Waals surface area contributed by atoms with Crippen LogP contribution in [0.3, 0.4) is 0 Å². The molecule has 0 amide bonds. The fourth-order valence-corrected chi connectivity index (χ4v) is 8.07. The number of hydrogen-bond acceptors (Lipinski definition) is 8. The Morgan fingerprint density at radius 3 is 2.54 bits per heavy atom. The summed E-state index contributed by atoms with van der Waals surface area (Å²) in [4.78, 5) is 11.3. The summed E-state index contributed by atoms with van der Waals surface area (Å²) in [7, 11) is -3.91. The molecule has 14 heteroatoms. The second kappa shape index (κ2) is 14.5. The van der Waals surface area contributed by atoms with E-state index in [2.05, 4.69) is 50.4 Å². The molecule has 10 nitrogen and oxygen atoms in total. The number of hydrogen-bond donors (Lipinski definition) is 0. The Kier molecular flexibility index (Phi) is 10.8. The lowest BCUT2D eigenvalue weighted by molar-refractivity contribution is 0.0908. The molecule has 4 aromatic rings. The Labute approximate surface area is 279 Å². The first-order valence-corrected chi connectivity index (χ1v) is 21.2. The molecule has 248 valence electrons. The fourth-order valence-electron chi connectivity index (χ4n) is 5.37. The molecule has 0 saturated carbocycles. The predicted molar refractivity (Wildman–Crippen MR) is 186 cm³/mol. The van der Waals surface area contributed by atoms with Gasteiger partial charge in [0, 0.05) is 44.9 Å². The topological polar surface area (TPSA) is 99.0 Å². The zero-order valence-electron chi connectivity index (χ0n) is 26.9. The Bertz CT molecular complexity index is 1780. The molecular weight excluding hydrogens is 693 g/mol. The largest absolute Gasteiger partial charge is 0.378 e. The highest BCUT2D eigenvalue weighted by Gasteiger charge is 2.31. The van der Waals surface area contributed by atoms with Crippen LogP contribution in [0.5, 0.6) is 0 Å². The van der Waals surface area contributed by atoms with E-state index < -0.39 is 29.2 Å². The highest BCUT2D eigenvalue weighted by molar-refractivity contribution is 9.10. The highest BCUT2D eigenvalue weighted by Crippen LogP contribution is 2.36. The van der Waals surface area contributed by atoms with Crippen molar-refractivity contribution in [3.8, 4) is 11.3 Å². The van der Waals surface area contributed by atoms with Crippen LogP contribution in [0.4, 0.5) is 15.9 Å². The van der Waals surface area contributed by atoms with Gasteiger partial charge < -0.3 is 23.7 Å². The van der Waals surface area contributed by atoms with Crippen LogP contribution in [0.1, 0.15) is 17.7 Å². The number of sulfonamides is 1. The third-order valence-electron chi connectivity index (χ3n) is 8.03. The van der Waals surface area contributed by atoms with E-state index in [0.29, 0.717) is 55.4 Å². The third-order valence-corrected chi connectivity index (χ3v) is 12.3. The Morgan fingerprint density at radius 1 is 1.11 bits per heavy atom. The number of halogens is 2. The van der Waals surface area contributed by atoms with Crippen molar-refractivity contribution in [2.45, 2.75) is 44.6 Å². The summed E-state index contributed by atoms with van der Waals surface area (Å²) >= 11 is 3.41. The number of morpholine rings is 1. The minimum atomic E-state index is -3.99. The van der Waals surface area contributed by atoms with Gasteiger partial charge in [-0.2, -0.15) is 0 Å². The number of methoxy groups -OCH3 is 1. The average molecular weight is 735 g/mol. The molecule has 2 aromatic carbocycles. The summed E-state index contributed by atoms with van der Waals surface area (Å²) < 4.78 is 64.6. The summed E-state index contributed by atoms with van der Waals surface area (Å²) in [6.07, 6.45) is 1.52. The number of aromatic nitrogens is 3. The Hall–Kier alpha value is -2.88. The maximum atomic E-state index is 16.2. The van der Waals surface area contributed by atoms with Crippen molar-refractivity contribution in [2.75, 3.05) is 56.0 Å². The molecule has 1 aliphatic heterocycles. The van der Waals surface area contributed by atoms with Crippen LogP contribution in [0.2, 0.25) is 25.7 Å². The first kappa shape index (κ1) is 34.5. The molecule has 1 fully saturated rings. The van der Waals surface area contributed by atoms with Gasteiger partial charge >= 0.3 is 0 Å². The van der Waals surface area contributed by atoms with Gasteiger partial charge in [0.15, 0.2) is 0 Å². The Morgan fingerprint density at radius 2 is 1.87 bits per heavy atom. The molecule has 1 atom stereocenters. The van der Waals surface area contributed by atoms with E-state index in [0.717, 1.165) is 26.0 Å². The third kappa shape index (κ3) is 7.63. The van der Waals surface area contributed by atoms with Gasteiger partial charge in [0.25, 0.3) is 0 Å². The van der Waals surface area contributed by atoms with E-state index in [1.54, 1.807) is 37.3 Å². The normalized spacial score (nSPS) is 15.0. The first-order valence-electron chi connectivity index (χ1n) is 15.2. The number of fused-ring (bicyclic) bond motifs is 1. The van der Waals surface area contributed by atoms with E-state index in [9.17, 15) is 8.42 Å². The number of nitrogens with zero attached hydrogens (tertiary/aromatic N) is 5. The zero-order chi connectivity index (χ0) is 33.1. The SMILES string of the molecule is COCN(c1ccc(-c2cc3c(N4CCOCC4)ncnc3n2COCC[Si](C)(C)C)c(F)c1)S(=O)(=O)C(C)c1cccc(Br)c1. The van der Waals surface area contributed by atoms with Crippen molar-refractivity contribution in [1.29, 1.82) is 0 Å². The fraction of sp³-hybridized carbons (Fsp3) is 0.438. The van der Waals surface area contributed by atoms with Gasteiger partial charge in [0.2, 0.25) is 10.0 Å². The summed E-state index contributed by atoms with van der Waals surface area (Å²) in [6, 6.07) is 14.4. The van der Waals surface area contributed by atoms with Gasteiger partial charge in [-0.15, -0.1) is 0 Å². The van der Waals surface area contributed by atoms with Crippen molar-refractivity contribution < 1.29 is 27.0 Å². The van der Waals surface area contributed by atoms with Crippen LogP contribution in [-0.4, -0.2) is 77.8 Å². The van der Waals surface area contributed by atoms with Gasteiger partial charge in [0.1, 0.15) is 42.3 Å². The lowest BCUT2D eigenvalue weighted by Crippen LogP contribution is -2.36. The molecule has 1 unspecified atom stereocenters. The maximum absolute atomic E-state index is 16.2. The molecule has 2 aromatic heterocycles. The summed E-state index contributed by atoms with van der Waals surface area (Å²) in [5.41, 5.74) is 2.24. The van der Waals surface area contributed by atoms with Gasteiger partial charge in [-0.1, -0.05) is 47.7 Å². The summed E-state index contributed by atoms with van der Waals surface area (Å²) in [5.74, 6) is 0.169. The molecule has 5 rings (SSSR count). The lowest BCUT2D eigenvalue weighted by Gasteiger charge is -2.28. The van der Waals surface area contributed by atoms with Gasteiger partial charge in [0.05, 0.1) is 30.0 Å². The van der Waals surface area contributed by atoms with Gasteiger partial charge in [-0.25, -0.2) is 27.1 Å². The second-order valence-electron chi connectivity index (χ2n) is 12.5. The monoisotopic (exact) mass is 733 g/mol. The van der Waals surface area contributed by atoms with E-state index in [4.69, 9.17) is 14.2 Å². The minimum Gasteiger partial charge on any atom is -0.378 e. The quantitative estimate of drug-likeness (QED) is 0.0856. The molecule has 0 radical (unpaired) electrons. The van der Waals surface area contributed by atoms with E-state index in [1.807, 2.05) is 16.7 Å². The first-order chi connectivity index (χ1) is 21.9. The van der Waals surface area contributed by atoms with Crippen LogP contribution >= 0.6 is 15.9 Å². The van der Waals surface area contributed by atoms with Gasteiger partial charge in [-0.05, 0) is 54.9 Å². The van der Waals surface area contributed by atoms with Crippen molar-refractivity contribution in [3.63, 3.8) is 0 Å². The summed E-state index contributed by atoms with van der Waals surface area (Å²) in [5, 5.41) is -0.126. The van der Waals surface area contributed by atoms with Crippen molar-refractivity contribution in [1.82, 2.24) is 14.5 Å². The van der Waals surface area contributed by atoms with Crippen LogP contribution < -0.4 is 9.21 Å². The Balaban J connectivity index is 1.54. The number of anilines is 2. The second-order valence-corrected chi connectivity index (χ2v) is 21.2. The molecule has 1 aliphatic rings. The molecule has 0 bridgehead atoms. The van der Waals surface area contributed by atoms with E-state index in [1.165, 1.54) is 19.5 Å². The van der Waals surface area contributed by atoms with Crippen molar-refractivity contribution in [3.05, 3.63) is 70.7 Å². The maximum Gasteiger partial charge on any atom is 0.243 e. The molecule has 3 heterocycles. The standard InChI is InChI=1S/C32H41BrFN5O5SSi/c1-23(24-7-6-8-25(33)17-24)45(40,41)39(22-42-2)26-9-10-27(29(34)18-26)30-19-28-31(37-11-13-43-14-12-37)35-20-36-32(28)38(30)21-44-15-16-46(3,4)5/h6-10,17-20,23H,11-16,21-22H2,1-5H3. The van der Waals surface area contributed by atoms with E-state index in [-0.39, 0.29) is 19.1 Å².